The third kappa shape index (κ3) is 8.93. The number of phenolic OH excluding ortho intramolecular Hbond substituents is 1. The van der Waals surface area contributed by atoms with E-state index in [2.05, 4.69) is 11.1 Å². The van der Waals surface area contributed by atoms with Crippen LogP contribution in [0.3, 0.4) is 0 Å². The molecule has 0 amide bonds. The van der Waals surface area contributed by atoms with Gasteiger partial charge in [0, 0.05) is 6.42 Å². The van der Waals surface area contributed by atoms with E-state index in [1.54, 1.807) is 12.1 Å². The van der Waals surface area contributed by atoms with Gasteiger partial charge < -0.3 is 5.11 Å². The van der Waals surface area contributed by atoms with Crippen molar-refractivity contribution in [1.82, 2.24) is 0 Å². The first-order valence-electron chi connectivity index (χ1n) is 8.35. The summed E-state index contributed by atoms with van der Waals surface area (Å²) < 4.78 is 34.1. The summed E-state index contributed by atoms with van der Waals surface area (Å²) in [6.07, 6.45) is 9.62. The molecule has 0 saturated heterocycles. The van der Waals surface area contributed by atoms with Gasteiger partial charge >= 0.3 is 10.4 Å². The Balaban J connectivity index is 2.43. The van der Waals surface area contributed by atoms with Crippen LogP contribution in [0.5, 0.6) is 5.75 Å². The normalized spacial score (nSPS) is 11.7. The molecule has 2 N–H and O–H groups in total. The minimum atomic E-state index is -4.43. The summed E-state index contributed by atoms with van der Waals surface area (Å²) in [5.74, 6) is 0.143. The Morgan fingerprint density at radius 1 is 1.00 bits per heavy atom. The Morgan fingerprint density at radius 2 is 1.65 bits per heavy atom. The van der Waals surface area contributed by atoms with Crippen LogP contribution in [-0.4, -0.2) is 24.7 Å². The quantitative estimate of drug-likeness (QED) is 0.441. The minimum absolute atomic E-state index is 0.143. The summed E-state index contributed by atoms with van der Waals surface area (Å²) in [5.41, 5.74) is 1.71. The number of phenols is 1. The molecular formula is C17H28O5S. The molecule has 0 saturated carbocycles. The summed E-state index contributed by atoms with van der Waals surface area (Å²) in [4.78, 5) is 0. The maximum Gasteiger partial charge on any atom is 0.397 e. The third-order valence-electron chi connectivity index (χ3n) is 3.88. The molecule has 0 heterocycles. The zero-order chi connectivity index (χ0) is 17.1. The summed E-state index contributed by atoms with van der Waals surface area (Å²) in [5, 5.41) is 9.95. The fourth-order valence-electron chi connectivity index (χ4n) is 2.67. The van der Waals surface area contributed by atoms with Crippen LogP contribution in [0.25, 0.3) is 0 Å². The minimum Gasteiger partial charge on any atom is -0.508 e. The van der Waals surface area contributed by atoms with Crippen molar-refractivity contribution in [2.45, 2.75) is 64.7 Å². The van der Waals surface area contributed by atoms with Crippen molar-refractivity contribution in [2.24, 2.45) is 0 Å². The second-order valence-electron chi connectivity index (χ2n) is 5.79. The molecule has 1 rings (SSSR count). The molecule has 0 atom stereocenters. The highest BCUT2D eigenvalue weighted by molar-refractivity contribution is 7.80. The van der Waals surface area contributed by atoms with E-state index in [0.717, 1.165) is 24.8 Å². The molecule has 0 aromatic heterocycles. The van der Waals surface area contributed by atoms with E-state index in [0.29, 0.717) is 5.56 Å². The van der Waals surface area contributed by atoms with Crippen molar-refractivity contribution in [2.75, 3.05) is 6.61 Å². The number of hydrogen-bond donors (Lipinski definition) is 2. The van der Waals surface area contributed by atoms with Gasteiger partial charge in [-0.25, -0.2) is 4.18 Å². The number of hydrogen-bond acceptors (Lipinski definition) is 4. The van der Waals surface area contributed by atoms with Crippen molar-refractivity contribution < 1.29 is 22.3 Å². The van der Waals surface area contributed by atoms with Gasteiger partial charge in [0.25, 0.3) is 0 Å². The summed E-state index contributed by atoms with van der Waals surface area (Å²) >= 11 is 0. The first kappa shape index (κ1) is 19.9. The predicted molar refractivity (Wildman–Crippen MR) is 91.0 cm³/mol. The molecule has 0 unspecified atom stereocenters. The van der Waals surface area contributed by atoms with Gasteiger partial charge in [0.05, 0.1) is 6.61 Å². The van der Waals surface area contributed by atoms with Crippen LogP contribution in [-0.2, 0) is 27.4 Å². The highest BCUT2D eigenvalue weighted by atomic mass is 32.3. The van der Waals surface area contributed by atoms with Crippen molar-refractivity contribution in [3.05, 3.63) is 29.3 Å². The smallest absolute Gasteiger partial charge is 0.397 e. The molecule has 132 valence electrons. The Labute approximate surface area is 139 Å². The lowest BCUT2D eigenvalue weighted by atomic mass is 9.98. The van der Waals surface area contributed by atoms with Crippen molar-refractivity contribution in [3.63, 3.8) is 0 Å². The van der Waals surface area contributed by atoms with Crippen LogP contribution >= 0.6 is 0 Å². The standard InChI is InChI=1S/C17H28O5S/c1-2-3-4-5-6-7-8-10-15-11-9-12-17(18)16(15)13-14-22-23(19,20)21/h9,11-12,18H,2-8,10,13-14H2,1H3,(H,19,20,21). The van der Waals surface area contributed by atoms with Crippen LogP contribution in [0.4, 0.5) is 0 Å². The van der Waals surface area contributed by atoms with Gasteiger partial charge in [-0.1, -0.05) is 57.6 Å². The molecule has 5 nitrogen and oxygen atoms in total. The van der Waals surface area contributed by atoms with Gasteiger partial charge in [0.2, 0.25) is 0 Å². The number of aromatic hydroxyl groups is 1. The Kier molecular flexibility index (Phi) is 9.21. The number of benzene rings is 1. The van der Waals surface area contributed by atoms with Crippen molar-refractivity contribution in [3.8, 4) is 5.75 Å². The van der Waals surface area contributed by atoms with Crippen LogP contribution in [0.1, 0.15) is 63.0 Å². The summed E-state index contributed by atoms with van der Waals surface area (Å²) in [7, 11) is -4.43. The van der Waals surface area contributed by atoms with E-state index in [1.165, 1.54) is 32.1 Å². The maximum absolute atomic E-state index is 10.6. The zero-order valence-electron chi connectivity index (χ0n) is 13.8. The van der Waals surface area contributed by atoms with Gasteiger partial charge in [0.1, 0.15) is 5.75 Å². The fraction of sp³-hybridized carbons (Fsp3) is 0.647. The first-order valence-corrected chi connectivity index (χ1v) is 9.72. The third-order valence-corrected chi connectivity index (χ3v) is 4.35. The fourth-order valence-corrected chi connectivity index (χ4v) is 2.96. The first-order chi connectivity index (χ1) is 10.9. The van der Waals surface area contributed by atoms with Crippen LogP contribution in [0.2, 0.25) is 0 Å². The lowest BCUT2D eigenvalue weighted by Crippen LogP contribution is -2.08. The highest BCUT2D eigenvalue weighted by Crippen LogP contribution is 2.24. The lowest BCUT2D eigenvalue weighted by molar-refractivity contribution is 0.270. The van der Waals surface area contributed by atoms with E-state index in [9.17, 15) is 13.5 Å². The molecule has 0 aliphatic heterocycles. The molecule has 23 heavy (non-hydrogen) atoms. The van der Waals surface area contributed by atoms with Crippen molar-refractivity contribution >= 4 is 10.4 Å². The number of aryl methyl sites for hydroxylation is 1. The Bertz CT molecular complexity index is 554. The molecular weight excluding hydrogens is 316 g/mol. The van der Waals surface area contributed by atoms with Crippen LogP contribution < -0.4 is 0 Å². The predicted octanol–water partition coefficient (Wildman–Crippen LogP) is 4.05. The van der Waals surface area contributed by atoms with E-state index >= 15 is 0 Å². The van der Waals surface area contributed by atoms with Crippen LogP contribution in [0, 0.1) is 0 Å². The second kappa shape index (κ2) is 10.6. The zero-order valence-corrected chi connectivity index (χ0v) is 14.6. The second-order valence-corrected chi connectivity index (χ2v) is 6.88. The van der Waals surface area contributed by atoms with E-state index in [4.69, 9.17) is 4.55 Å². The van der Waals surface area contributed by atoms with Crippen LogP contribution in [0.15, 0.2) is 18.2 Å². The molecule has 0 radical (unpaired) electrons. The Hall–Kier alpha value is -1.11. The molecule has 1 aromatic rings. The summed E-state index contributed by atoms with van der Waals surface area (Å²) in [6, 6.07) is 5.32. The summed E-state index contributed by atoms with van der Waals surface area (Å²) in [6.45, 7) is 2.02. The number of rotatable bonds is 12. The van der Waals surface area contributed by atoms with Gasteiger partial charge in [0.15, 0.2) is 0 Å². The van der Waals surface area contributed by atoms with Gasteiger partial charge in [-0.3, -0.25) is 4.55 Å². The largest absolute Gasteiger partial charge is 0.508 e. The monoisotopic (exact) mass is 344 g/mol. The highest BCUT2D eigenvalue weighted by Gasteiger charge is 2.10. The molecule has 6 heteroatoms. The molecule has 0 fully saturated rings. The van der Waals surface area contributed by atoms with E-state index in [-0.39, 0.29) is 18.8 Å². The van der Waals surface area contributed by atoms with E-state index in [1.807, 2.05) is 6.07 Å². The average molecular weight is 344 g/mol. The average Bonchev–Trinajstić information content (AvgIpc) is 2.47. The molecule has 1 aromatic carbocycles. The molecule has 0 spiro atoms. The molecule has 0 aliphatic rings. The van der Waals surface area contributed by atoms with E-state index < -0.39 is 10.4 Å². The topological polar surface area (TPSA) is 83.8 Å². The Morgan fingerprint density at radius 3 is 2.30 bits per heavy atom. The van der Waals surface area contributed by atoms with Gasteiger partial charge in [-0.15, -0.1) is 0 Å². The molecule has 0 aliphatic carbocycles. The molecule has 0 bridgehead atoms. The maximum atomic E-state index is 10.6. The number of unbranched alkanes of at least 4 members (excludes halogenated alkanes) is 6. The van der Waals surface area contributed by atoms with Gasteiger partial charge in [-0.05, 0) is 30.0 Å². The van der Waals surface area contributed by atoms with Crippen molar-refractivity contribution in [1.29, 1.82) is 0 Å². The SMILES string of the molecule is CCCCCCCCCc1cccc(O)c1CCOS(=O)(=O)O. The van der Waals surface area contributed by atoms with Gasteiger partial charge in [-0.2, -0.15) is 8.42 Å². The lowest BCUT2D eigenvalue weighted by Gasteiger charge is -2.11.